The summed E-state index contributed by atoms with van der Waals surface area (Å²) in [5.41, 5.74) is 1.49. The van der Waals surface area contributed by atoms with Crippen LogP contribution in [0.4, 0.5) is 8.78 Å². The van der Waals surface area contributed by atoms with Gasteiger partial charge in [-0.05, 0) is 41.0 Å². The van der Waals surface area contributed by atoms with Crippen LogP contribution in [0.2, 0.25) is 0 Å². The molecule has 0 bridgehead atoms. The third-order valence-corrected chi connectivity index (χ3v) is 2.92. The predicted octanol–water partition coefficient (Wildman–Crippen LogP) is 5.42. The van der Waals surface area contributed by atoms with Crippen molar-refractivity contribution in [2.75, 3.05) is 0 Å². The molecule has 16 heavy (non-hydrogen) atoms. The molecule has 0 aliphatic carbocycles. The molecule has 0 amide bonds. The number of halogens is 3. The lowest BCUT2D eigenvalue weighted by Crippen LogP contribution is -1.86. The molecule has 3 heteroatoms. The van der Waals surface area contributed by atoms with Crippen LogP contribution in [0.5, 0.6) is 0 Å². The molecule has 88 valence electrons. The van der Waals surface area contributed by atoms with Gasteiger partial charge in [-0.1, -0.05) is 44.0 Å². The molecular formula is C13H15F2I. The van der Waals surface area contributed by atoms with Crippen LogP contribution in [0.3, 0.4) is 0 Å². The minimum absolute atomic E-state index is 0.311. The van der Waals surface area contributed by atoms with Crippen LogP contribution in [0.25, 0.3) is 5.83 Å². The van der Waals surface area contributed by atoms with E-state index < -0.39 is 9.66 Å². The first-order chi connectivity index (χ1) is 7.65. The first kappa shape index (κ1) is 13.6. The summed E-state index contributed by atoms with van der Waals surface area (Å²) in [5, 5.41) is 0. The Balaban J connectivity index is 2.65. The topological polar surface area (TPSA) is 0 Å². The Morgan fingerprint density at radius 3 is 2.25 bits per heavy atom. The van der Waals surface area contributed by atoms with Crippen LogP contribution in [0.15, 0.2) is 28.1 Å². The molecular weight excluding hydrogens is 321 g/mol. The Labute approximate surface area is 109 Å². The fraction of sp³-hybridized carbons (Fsp3) is 0.385. The van der Waals surface area contributed by atoms with Gasteiger partial charge in [0.05, 0.1) is 0 Å². The highest BCUT2D eigenvalue weighted by Gasteiger charge is 2.05. The van der Waals surface area contributed by atoms with E-state index in [1.54, 1.807) is 12.1 Å². The molecule has 0 nitrogen and oxygen atoms in total. The smallest absolute Gasteiger partial charge is 0.196 e. The number of aryl methyl sites for hydroxylation is 1. The molecule has 0 unspecified atom stereocenters. The van der Waals surface area contributed by atoms with Gasteiger partial charge in [-0.15, -0.1) is 0 Å². The number of hydrogen-bond donors (Lipinski definition) is 0. The molecule has 0 spiro atoms. The van der Waals surface area contributed by atoms with Crippen LogP contribution < -0.4 is 0 Å². The maximum absolute atomic E-state index is 13.2. The molecule has 0 heterocycles. The van der Waals surface area contributed by atoms with Crippen molar-refractivity contribution in [3.05, 3.63) is 39.2 Å². The van der Waals surface area contributed by atoms with E-state index in [2.05, 4.69) is 6.92 Å². The van der Waals surface area contributed by atoms with Gasteiger partial charge in [-0.25, -0.2) is 4.39 Å². The summed E-state index contributed by atoms with van der Waals surface area (Å²) >= 11 is 1.35. The first-order valence-electron chi connectivity index (χ1n) is 5.45. The van der Waals surface area contributed by atoms with Crippen LogP contribution in [0.1, 0.15) is 37.3 Å². The SMILES string of the molecule is CCCCCc1ccc(/C(F)=C(/F)I)cc1. The number of benzene rings is 1. The maximum atomic E-state index is 13.2. The number of hydrogen-bond acceptors (Lipinski definition) is 0. The average Bonchev–Trinajstić information content (AvgIpc) is 2.29. The molecule has 0 radical (unpaired) electrons. The summed E-state index contributed by atoms with van der Waals surface area (Å²) < 4.78 is 25.0. The zero-order valence-electron chi connectivity index (χ0n) is 9.27. The summed E-state index contributed by atoms with van der Waals surface area (Å²) in [7, 11) is 0. The Bertz CT molecular complexity index is 351. The van der Waals surface area contributed by atoms with Crippen molar-refractivity contribution in [1.82, 2.24) is 0 Å². The molecule has 1 aromatic rings. The number of rotatable bonds is 5. The Morgan fingerprint density at radius 2 is 1.75 bits per heavy atom. The van der Waals surface area contributed by atoms with E-state index in [0.717, 1.165) is 12.8 Å². The third-order valence-electron chi connectivity index (χ3n) is 2.44. The van der Waals surface area contributed by atoms with Crippen molar-refractivity contribution in [3.8, 4) is 0 Å². The highest BCUT2D eigenvalue weighted by atomic mass is 127. The van der Waals surface area contributed by atoms with Crippen molar-refractivity contribution < 1.29 is 8.78 Å². The van der Waals surface area contributed by atoms with Crippen molar-refractivity contribution >= 4 is 28.4 Å². The van der Waals surface area contributed by atoms with Crippen LogP contribution in [-0.2, 0) is 6.42 Å². The van der Waals surface area contributed by atoms with Gasteiger partial charge in [0, 0.05) is 5.56 Å². The summed E-state index contributed by atoms with van der Waals surface area (Å²) in [6.45, 7) is 2.16. The second-order valence-corrected chi connectivity index (χ2v) is 4.68. The first-order valence-corrected chi connectivity index (χ1v) is 6.53. The van der Waals surface area contributed by atoms with Crippen LogP contribution in [0, 0.1) is 0 Å². The van der Waals surface area contributed by atoms with Gasteiger partial charge in [-0.2, -0.15) is 4.39 Å². The van der Waals surface area contributed by atoms with Crippen molar-refractivity contribution in [1.29, 1.82) is 0 Å². The van der Waals surface area contributed by atoms with Gasteiger partial charge < -0.3 is 0 Å². The standard InChI is InChI=1S/C13H15F2I/c1-2-3-4-5-10-6-8-11(9-7-10)12(14)13(15)16/h6-9H,2-5H2,1H3/b13-12+. The molecule has 1 aromatic carbocycles. The molecule has 1 rings (SSSR count). The molecule has 0 saturated carbocycles. The van der Waals surface area contributed by atoms with E-state index in [1.165, 1.54) is 41.0 Å². The van der Waals surface area contributed by atoms with Gasteiger partial charge in [0.25, 0.3) is 0 Å². The largest absolute Gasteiger partial charge is 0.203 e. The minimum Gasteiger partial charge on any atom is -0.203 e. The molecule has 0 aliphatic heterocycles. The van der Waals surface area contributed by atoms with E-state index in [4.69, 9.17) is 0 Å². The lowest BCUT2D eigenvalue weighted by atomic mass is 10.1. The van der Waals surface area contributed by atoms with Gasteiger partial charge in [0.2, 0.25) is 0 Å². The van der Waals surface area contributed by atoms with Gasteiger partial charge in [0.15, 0.2) is 9.66 Å². The lowest BCUT2D eigenvalue weighted by Gasteiger charge is -2.02. The second kappa shape index (κ2) is 6.99. The van der Waals surface area contributed by atoms with Gasteiger partial charge >= 0.3 is 0 Å². The van der Waals surface area contributed by atoms with E-state index in [0.29, 0.717) is 5.56 Å². The minimum atomic E-state index is -0.795. The second-order valence-electron chi connectivity index (χ2n) is 3.73. The van der Waals surface area contributed by atoms with E-state index in [9.17, 15) is 8.78 Å². The zero-order chi connectivity index (χ0) is 12.0. The molecule has 0 atom stereocenters. The Morgan fingerprint density at radius 1 is 1.12 bits per heavy atom. The number of unbranched alkanes of at least 4 members (excludes halogenated alkanes) is 2. The normalized spacial score (nSPS) is 12.5. The quantitative estimate of drug-likeness (QED) is 0.498. The van der Waals surface area contributed by atoms with E-state index in [-0.39, 0.29) is 0 Å². The zero-order valence-corrected chi connectivity index (χ0v) is 11.4. The van der Waals surface area contributed by atoms with Crippen molar-refractivity contribution in [2.45, 2.75) is 32.6 Å². The Hall–Kier alpha value is -0.450. The summed E-state index contributed by atoms with van der Waals surface area (Å²) in [4.78, 5) is 0. The maximum Gasteiger partial charge on any atom is 0.196 e. The average molecular weight is 336 g/mol. The fourth-order valence-corrected chi connectivity index (χ4v) is 1.82. The fourth-order valence-electron chi connectivity index (χ4n) is 1.51. The van der Waals surface area contributed by atoms with Crippen LogP contribution in [-0.4, -0.2) is 0 Å². The summed E-state index contributed by atoms with van der Waals surface area (Å²) in [6.07, 6.45) is 4.55. The molecule has 0 aromatic heterocycles. The molecule has 0 fully saturated rings. The van der Waals surface area contributed by atoms with E-state index in [1.807, 2.05) is 12.1 Å². The molecule has 0 N–H and O–H groups in total. The van der Waals surface area contributed by atoms with E-state index >= 15 is 0 Å². The highest BCUT2D eigenvalue weighted by Crippen LogP contribution is 2.25. The van der Waals surface area contributed by atoms with Crippen molar-refractivity contribution in [2.24, 2.45) is 0 Å². The monoisotopic (exact) mass is 336 g/mol. The van der Waals surface area contributed by atoms with Crippen molar-refractivity contribution in [3.63, 3.8) is 0 Å². The summed E-state index contributed by atoms with van der Waals surface area (Å²) in [6, 6.07) is 7.00. The molecule has 0 aliphatic rings. The van der Waals surface area contributed by atoms with Crippen LogP contribution >= 0.6 is 22.6 Å². The Kier molecular flexibility index (Phi) is 5.95. The van der Waals surface area contributed by atoms with Gasteiger partial charge in [-0.3, -0.25) is 0 Å². The molecule has 0 saturated heterocycles. The third kappa shape index (κ3) is 4.20. The van der Waals surface area contributed by atoms with Gasteiger partial charge in [0.1, 0.15) is 0 Å². The highest BCUT2D eigenvalue weighted by molar-refractivity contribution is 14.1. The summed E-state index contributed by atoms with van der Waals surface area (Å²) in [5.74, 6) is -0.777. The predicted molar refractivity (Wildman–Crippen MR) is 72.8 cm³/mol. The lowest BCUT2D eigenvalue weighted by molar-refractivity contribution is 0.663.